The molecule has 8 heteroatoms. The number of rotatable bonds is 4. The number of H-pyrrole nitrogens is 1. The van der Waals surface area contributed by atoms with Crippen molar-refractivity contribution in [1.29, 1.82) is 5.26 Å². The molecule has 6 nitrogen and oxygen atoms in total. The minimum absolute atomic E-state index is 0.126. The SMILES string of the molecule is N#Cc1c[nH]c2c(NS(=O)(=O)c3cc(CO)cs3)cccc12. The van der Waals surface area contributed by atoms with Crippen LogP contribution in [0.3, 0.4) is 0 Å². The van der Waals surface area contributed by atoms with E-state index in [0.29, 0.717) is 27.7 Å². The van der Waals surface area contributed by atoms with Crippen LogP contribution in [0.15, 0.2) is 40.1 Å². The number of aliphatic hydroxyl groups is 1. The first-order valence-electron chi connectivity index (χ1n) is 6.26. The zero-order valence-corrected chi connectivity index (χ0v) is 12.8. The summed E-state index contributed by atoms with van der Waals surface area (Å²) in [7, 11) is -3.74. The van der Waals surface area contributed by atoms with Crippen LogP contribution in [0.5, 0.6) is 0 Å². The van der Waals surface area contributed by atoms with E-state index in [2.05, 4.69) is 9.71 Å². The van der Waals surface area contributed by atoms with Gasteiger partial charge in [0.25, 0.3) is 10.0 Å². The first-order valence-corrected chi connectivity index (χ1v) is 8.63. The number of thiophene rings is 1. The molecule has 0 atom stereocenters. The molecule has 2 aromatic heterocycles. The number of nitriles is 1. The fraction of sp³-hybridized carbons (Fsp3) is 0.0714. The topological polar surface area (TPSA) is 106 Å². The maximum Gasteiger partial charge on any atom is 0.271 e. The quantitative estimate of drug-likeness (QED) is 0.681. The molecule has 22 heavy (non-hydrogen) atoms. The first-order chi connectivity index (χ1) is 10.5. The molecular formula is C14H11N3O3S2. The minimum atomic E-state index is -3.74. The Labute approximate surface area is 130 Å². The lowest BCUT2D eigenvalue weighted by atomic mass is 10.2. The van der Waals surface area contributed by atoms with Crippen molar-refractivity contribution in [1.82, 2.24) is 4.98 Å². The van der Waals surface area contributed by atoms with Crippen molar-refractivity contribution in [2.24, 2.45) is 0 Å². The van der Waals surface area contributed by atoms with E-state index in [4.69, 9.17) is 10.4 Å². The average Bonchev–Trinajstić information content (AvgIpc) is 3.14. The number of sulfonamides is 1. The molecule has 0 aliphatic heterocycles. The third-order valence-electron chi connectivity index (χ3n) is 3.16. The van der Waals surface area contributed by atoms with Gasteiger partial charge in [-0.2, -0.15) is 5.26 Å². The molecule has 0 aliphatic rings. The number of aliphatic hydroxyl groups excluding tert-OH is 1. The van der Waals surface area contributed by atoms with Gasteiger partial charge < -0.3 is 10.1 Å². The molecule has 0 bridgehead atoms. The Kier molecular flexibility index (Phi) is 3.62. The summed E-state index contributed by atoms with van der Waals surface area (Å²) in [6.45, 7) is -0.205. The van der Waals surface area contributed by atoms with Gasteiger partial charge in [0.2, 0.25) is 0 Å². The van der Waals surface area contributed by atoms with Gasteiger partial charge in [-0.05, 0) is 23.1 Å². The Morgan fingerprint density at radius 3 is 2.91 bits per heavy atom. The van der Waals surface area contributed by atoms with E-state index in [9.17, 15) is 8.42 Å². The summed E-state index contributed by atoms with van der Waals surface area (Å²) in [6.07, 6.45) is 1.54. The Balaban J connectivity index is 2.02. The fourth-order valence-corrected chi connectivity index (χ4v) is 4.38. The van der Waals surface area contributed by atoms with Crippen molar-refractivity contribution in [2.45, 2.75) is 10.8 Å². The van der Waals surface area contributed by atoms with Gasteiger partial charge in [-0.3, -0.25) is 4.72 Å². The summed E-state index contributed by atoms with van der Waals surface area (Å²) in [5, 5.41) is 20.3. The van der Waals surface area contributed by atoms with Gasteiger partial charge in [-0.25, -0.2) is 8.42 Å². The van der Waals surface area contributed by atoms with Gasteiger partial charge in [0, 0.05) is 11.6 Å². The summed E-state index contributed by atoms with van der Waals surface area (Å²) < 4.78 is 27.4. The molecule has 0 unspecified atom stereocenters. The van der Waals surface area contributed by atoms with Crippen LogP contribution in [-0.2, 0) is 16.6 Å². The van der Waals surface area contributed by atoms with Gasteiger partial charge in [0.05, 0.1) is 23.4 Å². The number of hydrogen-bond donors (Lipinski definition) is 3. The molecule has 1 aromatic carbocycles. The summed E-state index contributed by atoms with van der Waals surface area (Å²) in [5.41, 5.74) is 1.93. The lowest BCUT2D eigenvalue weighted by Gasteiger charge is -2.07. The van der Waals surface area contributed by atoms with Crippen LogP contribution in [0.2, 0.25) is 0 Å². The first kappa shape index (κ1) is 14.6. The predicted molar refractivity (Wildman–Crippen MR) is 84.1 cm³/mol. The number of para-hydroxylation sites is 1. The van der Waals surface area contributed by atoms with E-state index < -0.39 is 10.0 Å². The molecular weight excluding hydrogens is 322 g/mol. The smallest absolute Gasteiger partial charge is 0.271 e. The molecule has 112 valence electrons. The number of anilines is 1. The summed E-state index contributed by atoms with van der Waals surface area (Å²) in [6, 6.07) is 8.53. The maximum absolute atomic E-state index is 12.4. The zero-order valence-electron chi connectivity index (χ0n) is 11.2. The highest BCUT2D eigenvalue weighted by Crippen LogP contribution is 2.28. The lowest BCUT2D eigenvalue weighted by Crippen LogP contribution is -2.11. The second-order valence-corrected chi connectivity index (χ2v) is 7.40. The van der Waals surface area contributed by atoms with E-state index in [0.717, 1.165) is 11.3 Å². The third-order valence-corrected chi connectivity index (χ3v) is 6.01. The van der Waals surface area contributed by atoms with Crippen LogP contribution in [0.25, 0.3) is 10.9 Å². The van der Waals surface area contributed by atoms with Crippen LogP contribution in [-0.4, -0.2) is 18.5 Å². The molecule has 0 fully saturated rings. The highest BCUT2D eigenvalue weighted by Gasteiger charge is 2.18. The van der Waals surface area contributed by atoms with Crippen LogP contribution in [0.1, 0.15) is 11.1 Å². The fourth-order valence-electron chi connectivity index (χ4n) is 2.10. The van der Waals surface area contributed by atoms with Gasteiger partial charge in [-0.1, -0.05) is 12.1 Å². The second-order valence-electron chi connectivity index (χ2n) is 4.58. The van der Waals surface area contributed by atoms with Crippen LogP contribution in [0, 0.1) is 11.3 Å². The minimum Gasteiger partial charge on any atom is -0.392 e. The van der Waals surface area contributed by atoms with Crippen molar-refractivity contribution in [2.75, 3.05) is 4.72 Å². The van der Waals surface area contributed by atoms with Gasteiger partial charge in [0.15, 0.2) is 0 Å². The van der Waals surface area contributed by atoms with E-state index >= 15 is 0 Å². The van der Waals surface area contributed by atoms with Gasteiger partial charge in [0.1, 0.15) is 10.3 Å². The monoisotopic (exact) mass is 333 g/mol. The molecule has 0 spiro atoms. The Morgan fingerprint density at radius 1 is 1.41 bits per heavy atom. The summed E-state index contributed by atoms with van der Waals surface area (Å²) in [4.78, 5) is 2.91. The molecule has 0 aliphatic carbocycles. The Bertz CT molecular complexity index is 980. The van der Waals surface area contributed by atoms with Gasteiger partial charge in [-0.15, -0.1) is 11.3 Å². The van der Waals surface area contributed by atoms with Crippen molar-refractivity contribution in [3.8, 4) is 6.07 Å². The normalized spacial score (nSPS) is 11.5. The highest BCUT2D eigenvalue weighted by atomic mass is 32.2. The number of hydrogen-bond acceptors (Lipinski definition) is 5. The van der Waals surface area contributed by atoms with Crippen LogP contribution >= 0.6 is 11.3 Å². The molecule has 3 N–H and O–H groups in total. The number of nitrogens with one attached hydrogen (secondary N) is 2. The Hall–Kier alpha value is -2.34. The van der Waals surface area contributed by atoms with E-state index in [1.54, 1.807) is 23.6 Å². The van der Waals surface area contributed by atoms with Crippen LogP contribution in [0.4, 0.5) is 5.69 Å². The zero-order chi connectivity index (χ0) is 15.7. The van der Waals surface area contributed by atoms with Crippen LogP contribution < -0.4 is 4.72 Å². The lowest BCUT2D eigenvalue weighted by molar-refractivity contribution is 0.282. The third kappa shape index (κ3) is 2.46. The molecule has 0 saturated heterocycles. The average molecular weight is 333 g/mol. The largest absolute Gasteiger partial charge is 0.392 e. The van der Waals surface area contributed by atoms with E-state index in [1.165, 1.54) is 12.3 Å². The van der Waals surface area contributed by atoms with E-state index in [1.807, 2.05) is 6.07 Å². The van der Waals surface area contributed by atoms with Gasteiger partial charge >= 0.3 is 0 Å². The number of aromatic nitrogens is 1. The maximum atomic E-state index is 12.4. The number of nitrogens with zero attached hydrogens (tertiary/aromatic N) is 1. The second kappa shape index (κ2) is 5.46. The molecule has 0 amide bonds. The molecule has 0 saturated carbocycles. The van der Waals surface area contributed by atoms with Crippen molar-refractivity contribution < 1.29 is 13.5 Å². The van der Waals surface area contributed by atoms with E-state index in [-0.39, 0.29) is 10.8 Å². The van der Waals surface area contributed by atoms with Crippen molar-refractivity contribution >= 4 is 38.0 Å². The predicted octanol–water partition coefficient (Wildman–Crippen LogP) is 2.39. The molecule has 3 rings (SSSR count). The molecule has 2 heterocycles. The number of aromatic amines is 1. The standard InChI is InChI=1S/C14H11N3O3S2/c15-5-10-6-16-14-11(10)2-1-3-12(14)17-22(19,20)13-4-9(7-18)8-21-13/h1-4,6,8,16-18H,7H2. The number of benzene rings is 1. The summed E-state index contributed by atoms with van der Waals surface area (Å²) in [5.74, 6) is 0. The summed E-state index contributed by atoms with van der Waals surface area (Å²) >= 11 is 1.04. The molecule has 0 radical (unpaired) electrons. The Morgan fingerprint density at radius 2 is 2.23 bits per heavy atom. The number of fused-ring (bicyclic) bond motifs is 1. The highest BCUT2D eigenvalue weighted by molar-refractivity contribution is 7.94. The van der Waals surface area contributed by atoms with Crippen molar-refractivity contribution in [3.63, 3.8) is 0 Å². The van der Waals surface area contributed by atoms with Crippen molar-refractivity contribution in [3.05, 3.63) is 47.0 Å². The molecule has 3 aromatic rings.